The first-order valence-electron chi connectivity index (χ1n) is 7.31. The van der Waals surface area contributed by atoms with Crippen molar-refractivity contribution >= 4 is 5.91 Å². The molecule has 0 aliphatic heterocycles. The van der Waals surface area contributed by atoms with E-state index in [2.05, 4.69) is 21.9 Å². The summed E-state index contributed by atoms with van der Waals surface area (Å²) in [7, 11) is 3.90. The molecule has 2 rings (SSSR count). The fourth-order valence-corrected chi connectivity index (χ4v) is 2.76. The third-order valence-corrected chi connectivity index (χ3v) is 4.34. The molecule has 1 saturated carbocycles. The van der Waals surface area contributed by atoms with E-state index in [1.165, 1.54) is 32.0 Å². The van der Waals surface area contributed by atoms with Crippen molar-refractivity contribution < 1.29 is 4.79 Å². The topological polar surface area (TPSA) is 49.3 Å². The number of amides is 1. The highest BCUT2D eigenvalue weighted by Crippen LogP contribution is 2.23. The number of rotatable bonds is 5. The molecule has 5 heteroatoms. The number of aromatic nitrogens is 2. The Balaban J connectivity index is 1.91. The van der Waals surface area contributed by atoms with E-state index in [4.69, 9.17) is 0 Å². The van der Waals surface area contributed by atoms with Gasteiger partial charge >= 0.3 is 0 Å². The highest BCUT2D eigenvalue weighted by atomic mass is 16.2. The molecule has 1 aromatic rings. The van der Waals surface area contributed by atoms with Gasteiger partial charge in [-0.2, -0.15) is 0 Å². The minimum atomic E-state index is -0.0255. The second-order valence-electron chi connectivity index (χ2n) is 5.67. The molecule has 0 spiro atoms. The lowest BCUT2D eigenvalue weighted by atomic mass is 10.2. The Hall–Kier alpha value is -1.49. The van der Waals surface area contributed by atoms with Gasteiger partial charge in [-0.25, -0.2) is 9.97 Å². The van der Waals surface area contributed by atoms with E-state index in [1.807, 2.05) is 20.0 Å². The van der Waals surface area contributed by atoms with Crippen molar-refractivity contribution in [1.29, 1.82) is 0 Å². The van der Waals surface area contributed by atoms with E-state index >= 15 is 0 Å². The van der Waals surface area contributed by atoms with Gasteiger partial charge in [-0.3, -0.25) is 9.69 Å². The lowest BCUT2D eigenvalue weighted by Gasteiger charge is -2.29. The van der Waals surface area contributed by atoms with Gasteiger partial charge in [0.15, 0.2) is 0 Å². The predicted molar refractivity (Wildman–Crippen MR) is 78.1 cm³/mol. The Labute approximate surface area is 121 Å². The first-order chi connectivity index (χ1) is 9.59. The lowest BCUT2D eigenvalue weighted by Crippen LogP contribution is -2.41. The van der Waals surface area contributed by atoms with Crippen molar-refractivity contribution in [3.8, 4) is 0 Å². The van der Waals surface area contributed by atoms with Crippen LogP contribution in [0, 0.1) is 0 Å². The molecule has 0 bridgehead atoms. The van der Waals surface area contributed by atoms with Crippen molar-refractivity contribution in [2.75, 3.05) is 20.6 Å². The molecule has 1 heterocycles. The first-order valence-corrected chi connectivity index (χ1v) is 7.31. The number of hydrogen-bond donors (Lipinski definition) is 0. The molecule has 1 fully saturated rings. The van der Waals surface area contributed by atoms with Crippen LogP contribution in [-0.2, 0) is 4.79 Å². The van der Waals surface area contributed by atoms with Gasteiger partial charge in [-0.15, -0.1) is 0 Å². The summed E-state index contributed by atoms with van der Waals surface area (Å²) in [6.07, 6.45) is 8.24. The van der Waals surface area contributed by atoms with Crippen molar-refractivity contribution in [3.05, 3.63) is 24.3 Å². The van der Waals surface area contributed by atoms with E-state index in [0.717, 1.165) is 5.69 Å². The number of carbonyl (C=O) groups excluding carboxylic acids is 1. The maximum atomic E-state index is 12.4. The van der Waals surface area contributed by atoms with Crippen LogP contribution < -0.4 is 0 Å². The molecule has 1 atom stereocenters. The molecule has 1 aliphatic carbocycles. The van der Waals surface area contributed by atoms with Crippen LogP contribution >= 0.6 is 0 Å². The van der Waals surface area contributed by atoms with E-state index in [1.54, 1.807) is 11.1 Å². The van der Waals surface area contributed by atoms with Crippen LogP contribution in [0.25, 0.3) is 0 Å². The molecular formula is C15H24N4O. The molecule has 20 heavy (non-hydrogen) atoms. The zero-order valence-corrected chi connectivity index (χ0v) is 12.6. The standard InChI is InChI=1S/C15H24N4O/c1-12(14-8-9-16-11-17-14)19(3)15(20)10-18(2)13-6-4-5-7-13/h8-9,11-13H,4-7,10H2,1-3H3/t12-/m0/s1. The van der Waals surface area contributed by atoms with Crippen LogP contribution in [0.3, 0.4) is 0 Å². The monoisotopic (exact) mass is 276 g/mol. The zero-order valence-electron chi connectivity index (χ0n) is 12.6. The number of hydrogen-bond acceptors (Lipinski definition) is 4. The van der Waals surface area contributed by atoms with Crippen molar-refractivity contribution in [1.82, 2.24) is 19.8 Å². The summed E-state index contributed by atoms with van der Waals surface area (Å²) in [6, 6.07) is 2.40. The zero-order chi connectivity index (χ0) is 14.5. The molecule has 0 unspecified atom stereocenters. The normalized spacial score (nSPS) is 17.4. The Morgan fingerprint density at radius 1 is 1.40 bits per heavy atom. The second kappa shape index (κ2) is 6.79. The maximum absolute atomic E-state index is 12.4. The largest absolute Gasteiger partial charge is 0.336 e. The summed E-state index contributed by atoms with van der Waals surface area (Å²) in [5.41, 5.74) is 0.874. The minimum Gasteiger partial charge on any atom is -0.336 e. The third kappa shape index (κ3) is 3.54. The number of nitrogens with zero attached hydrogens (tertiary/aromatic N) is 4. The summed E-state index contributed by atoms with van der Waals surface area (Å²) < 4.78 is 0. The molecule has 1 aromatic heterocycles. The highest BCUT2D eigenvalue weighted by molar-refractivity contribution is 5.78. The van der Waals surface area contributed by atoms with Crippen LogP contribution in [0.2, 0.25) is 0 Å². The summed E-state index contributed by atoms with van der Waals surface area (Å²) in [5.74, 6) is 0.144. The van der Waals surface area contributed by atoms with Gasteiger partial charge in [0.1, 0.15) is 6.33 Å². The van der Waals surface area contributed by atoms with Crippen LogP contribution in [0.15, 0.2) is 18.6 Å². The summed E-state index contributed by atoms with van der Waals surface area (Å²) >= 11 is 0. The Morgan fingerprint density at radius 2 is 2.10 bits per heavy atom. The number of carbonyl (C=O) groups is 1. The molecule has 110 valence electrons. The SMILES string of the molecule is C[C@@H](c1ccncn1)N(C)C(=O)CN(C)C1CCCC1. The molecule has 0 N–H and O–H groups in total. The van der Waals surface area contributed by atoms with Crippen molar-refractivity contribution in [2.45, 2.75) is 44.7 Å². The van der Waals surface area contributed by atoms with Crippen LogP contribution in [0.5, 0.6) is 0 Å². The highest BCUT2D eigenvalue weighted by Gasteiger charge is 2.24. The summed E-state index contributed by atoms with van der Waals surface area (Å²) in [4.78, 5) is 24.5. The molecule has 0 aromatic carbocycles. The molecular weight excluding hydrogens is 252 g/mol. The van der Waals surface area contributed by atoms with Gasteiger partial charge in [-0.1, -0.05) is 12.8 Å². The quantitative estimate of drug-likeness (QED) is 0.824. The average molecular weight is 276 g/mol. The second-order valence-corrected chi connectivity index (χ2v) is 5.67. The van der Waals surface area contributed by atoms with Crippen molar-refractivity contribution in [3.63, 3.8) is 0 Å². The van der Waals surface area contributed by atoms with Crippen LogP contribution in [-0.4, -0.2) is 52.4 Å². The fraction of sp³-hybridized carbons (Fsp3) is 0.667. The molecule has 1 amide bonds. The summed E-state index contributed by atoms with van der Waals surface area (Å²) in [5, 5.41) is 0. The smallest absolute Gasteiger partial charge is 0.237 e. The predicted octanol–water partition coefficient (Wildman–Crippen LogP) is 1.87. The van der Waals surface area contributed by atoms with E-state index in [0.29, 0.717) is 12.6 Å². The Bertz CT molecular complexity index is 431. The minimum absolute atomic E-state index is 0.0255. The first kappa shape index (κ1) is 14.9. The van der Waals surface area contributed by atoms with Gasteiger partial charge < -0.3 is 4.90 Å². The Morgan fingerprint density at radius 3 is 2.70 bits per heavy atom. The Kier molecular flexibility index (Phi) is 5.06. The molecule has 5 nitrogen and oxygen atoms in total. The van der Waals surface area contributed by atoms with E-state index in [9.17, 15) is 4.79 Å². The molecule has 1 aliphatic rings. The van der Waals surface area contributed by atoms with Crippen molar-refractivity contribution in [2.24, 2.45) is 0 Å². The summed E-state index contributed by atoms with van der Waals surface area (Å²) in [6.45, 7) is 2.48. The van der Waals surface area contributed by atoms with Gasteiger partial charge in [0.2, 0.25) is 5.91 Å². The van der Waals surface area contributed by atoms with E-state index < -0.39 is 0 Å². The third-order valence-electron chi connectivity index (χ3n) is 4.34. The average Bonchev–Trinajstić information content (AvgIpc) is 3.01. The van der Waals surface area contributed by atoms with Gasteiger partial charge in [0.05, 0.1) is 18.3 Å². The van der Waals surface area contributed by atoms with Gasteiger partial charge in [0.25, 0.3) is 0 Å². The van der Waals surface area contributed by atoms with Crippen LogP contribution in [0.1, 0.15) is 44.3 Å². The van der Waals surface area contributed by atoms with Gasteiger partial charge in [0, 0.05) is 19.3 Å². The lowest BCUT2D eigenvalue weighted by molar-refractivity contribution is -0.133. The molecule has 0 saturated heterocycles. The van der Waals surface area contributed by atoms with Crippen LogP contribution in [0.4, 0.5) is 0 Å². The fourth-order valence-electron chi connectivity index (χ4n) is 2.76. The van der Waals surface area contributed by atoms with E-state index in [-0.39, 0.29) is 11.9 Å². The van der Waals surface area contributed by atoms with Gasteiger partial charge in [-0.05, 0) is 32.9 Å². The number of likely N-dealkylation sites (N-methyl/N-ethyl adjacent to an activating group) is 2. The molecule has 0 radical (unpaired) electrons. The maximum Gasteiger partial charge on any atom is 0.237 e.